The molecule has 0 bridgehead atoms. The summed E-state index contributed by atoms with van der Waals surface area (Å²) in [7, 11) is 0. The first kappa shape index (κ1) is 22.4. The largest absolute Gasteiger partial charge is 0.493 e. The number of hydrogen-bond donors (Lipinski definition) is 3. The third-order valence-electron chi connectivity index (χ3n) is 4.64. The number of anilines is 1. The van der Waals surface area contributed by atoms with E-state index in [0.717, 1.165) is 37.1 Å². The second-order valence-corrected chi connectivity index (χ2v) is 7.01. The number of nitrogens with one attached hydrogen (secondary N) is 2. The lowest BCUT2D eigenvalue weighted by molar-refractivity contribution is -0.129. The van der Waals surface area contributed by atoms with E-state index in [2.05, 4.69) is 21.5 Å². The van der Waals surface area contributed by atoms with E-state index >= 15 is 0 Å². The molecule has 1 aromatic rings. The lowest BCUT2D eigenvalue weighted by Crippen LogP contribution is -2.17. The SMILES string of the molecule is C#CCCC1(CCOc2ccc(NC(=O)CCCCCCC(=O)NO)cc2)N=N1. The second-order valence-electron chi connectivity index (χ2n) is 7.01. The molecule has 1 heterocycles. The van der Waals surface area contributed by atoms with Crippen LogP contribution in [0.5, 0.6) is 5.75 Å². The molecule has 1 aliphatic rings. The molecule has 29 heavy (non-hydrogen) atoms. The predicted molar refractivity (Wildman–Crippen MR) is 108 cm³/mol. The molecule has 156 valence electrons. The van der Waals surface area contributed by atoms with Crippen molar-refractivity contribution < 1.29 is 19.5 Å². The Morgan fingerprint density at radius 3 is 2.28 bits per heavy atom. The van der Waals surface area contributed by atoms with Gasteiger partial charge in [0.15, 0.2) is 5.66 Å². The summed E-state index contributed by atoms with van der Waals surface area (Å²) >= 11 is 0. The summed E-state index contributed by atoms with van der Waals surface area (Å²) in [6, 6.07) is 7.25. The number of benzene rings is 1. The number of amides is 2. The fourth-order valence-corrected chi connectivity index (χ4v) is 2.84. The predicted octanol–water partition coefficient (Wildman–Crippen LogP) is 3.82. The van der Waals surface area contributed by atoms with E-state index in [1.54, 1.807) is 17.6 Å². The average Bonchev–Trinajstić information content (AvgIpc) is 3.50. The van der Waals surface area contributed by atoms with Gasteiger partial charge in [-0.25, -0.2) is 5.48 Å². The molecule has 0 fully saturated rings. The van der Waals surface area contributed by atoms with Crippen molar-refractivity contribution >= 4 is 17.5 Å². The number of nitrogens with zero attached hydrogens (tertiary/aromatic N) is 2. The van der Waals surface area contributed by atoms with Gasteiger partial charge in [0.2, 0.25) is 11.8 Å². The molecule has 1 aliphatic heterocycles. The molecule has 0 radical (unpaired) electrons. The maximum Gasteiger partial charge on any atom is 0.243 e. The Bertz CT molecular complexity index is 734. The van der Waals surface area contributed by atoms with Crippen molar-refractivity contribution in [3.63, 3.8) is 0 Å². The molecule has 3 N–H and O–H groups in total. The van der Waals surface area contributed by atoms with E-state index < -0.39 is 0 Å². The number of carbonyl (C=O) groups is 2. The van der Waals surface area contributed by atoms with Crippen molar-refractivity contribution in [2.24, 2.45) is 10.2 Å². The number of ether oxygens (including phenoxy) is 1. The van der Waals surface area contributed by atoms with Gasteiger partial charge in [0, 0.05) is 37.8 Å². The van der Waals surface area contributed by atoms with E-state index in [9.17, 15) is 9.59 Å². The van der Waals surface area contributed by atoms with E-state index in [-0.39, 0.29) is 17.5 Å². The van der Waals surface area contributed by atoms with E-state index in [1.807, 2.05) is 12.1 Å². The highest BCUT2D eigenvalue weighted by molar-refractivity contribution is 5.90. The maximum atomic E-state index is 12.0. The topological polar surface area (TPSA) is 112 Å². The van der Waals surface area contributed by atoms with Crippen LogP contribution in [0.2, 0.25) is 0 Å². The van der Waals surface area contributed by atoms with Crippen LogP contribution in [-0.2, 0) is 9.59 Å². The summed E-state index contributed by atoms with van der Waals surface area (Å²) in [5.74, 6) is 2.91. The Hall–Kier alpha value is -2.92. The molecular weight excluding hydrogens is 372 g/mol. The zero-order chi connectivity index (χ0) is 21.0. The van der Waals surface area contributed by atoms with Crippen molar-refractivity contribution in [3.05, 3.63) is 24.3 Å². The van der Waals surface area contributed by atoms with E-state index in [4.69, 9.17) is 16.4 Å². The smallest absolute Gasteiger partial charge is 0.243 e. The van der Waals surface area contributed by atoms with Gasteiger partial charge in [-0.1, -0.05) is 12.8 Å². The van der Waals surface area contributed by atoms with E-state index in [1.165, 1.54) is 0 Å². The highest BCUT2D eigenvalue weighted by atomic mass is 16.5. The molecular formula is C21H28N4O4. The molecule has 1 aromatic carbocycles. The molecule has 0 aromatic heterocycles. The molecule has 8 heteroatoms. The molecule has 0 aliphatic carbocycles. The standard InChI is InChI=1S/C21H28N4O4/c1-2-3-14-21(24-25-21)15-16-29-18-12-10-17(11-13-18)22-19(26)8-6-4-5-7-9-20(27)23-28/h1,10-13,28H,3-9,14-16H2,(H,22,26)(H,23,27). The average molecular weight is 400 g/mol. The first-order chi connectivity index (χ1) is 14.1. The fourth-order valence-electron chi connectivity index (χ4n) is 2.84. The van der Waals surface area contributed by atoms with Crippen LogP contribution in [0.15, 0.2) is 34.5 Å². The van der Waals surface area contributed by atoms with Crippen LogP contribution in [0, 0.1) is 12.3 Å². The molecule has 0 unspecified atom stereocenters. The summed E-state index contributed by atoms with van der Waals surface area (Å²) in [6.07, 6.45) is 11.3. The van der Waals surface area contributed by atoms with Gasteiger partial charge in [0.25, 0.3) is 0 Å². The Kier molecular flexibility index (Phi) is 9.12. The maximum absolute atomic E-state index is 12.0. The minimum absolute atomic E-state index is 0.0424. The Morgan fingerprint density at radius 1 is 1.03 bits per heavy atom. The Labute approximate surface area is 171 Å². The zero-order valence-corrected chi connectivity index (χ0v) is 16.5. The van der Waals surface area contributed by atoms with Gasteiger partial charge < -0.3 is 10.1 Å². The number of unbranched alkanes of at least 4 members (excludes halogenated alkanes) is 3. The third-order valence-corrected chi connectivity index (χ3v) is 4.64. The van der Waals surface area contributed by atoms with Gasteiger partial charge in [-0.05, 0) is 37.1 Å². The van der Waals surface area contributed by atoms with E-state index in [0.29, 0.717) is 38.7 Å². The van der Waals surface area contributed by atoms with Crippen LogP contribution in [0.4, 0.5) is 5.69 Å². The van der Waals surface area contributed by atoms with Gasteiger partial charge in [-0.15, -0.1) is 12.3 Å². The first-order valence-electron chi connectivity index (χ1n) is 9.90. The Balaban J connectivity index is 1.58. The fraction of sp³-hybridized carbons (Fsp3) is 0.524. The summed E-state index contributed by atoms with van der Waals surface area (Å²) in [5.41, 5.74) is 1.99. The molecule has 0 saturated heterocycles. The second kappa shape index (κ2) is 11.8. The van der Waals surface area contributed by atoms with Crippen LogP contribution in [0.3, 0.4) is 0 Å². The highest BCUT2D eigenvalue weighted by Gasteiger charge is 2.38. The summed E-state index contributed by atoms with van der Waals surface area (Å²) < 4.78 is 5.72. The van der Waals surface area contributed by atoms with Crippen LogP contribution in [0.1, 0.15) is 57.8 Å². The van der Waals surface area contributed by atoms with Gasteiger partial charge in [-0.2, -0.15) is 10.2 Å². The van der Waals surface area contributed by atoms with Gasteiger partial charge in [0.05, 0.1) is 6.61 Å². The van der Waals surface area contributed by atoms with Crippen LogP contribution in [0.25, 0.3) is 0 Å². The van der Waals surface area contributed by atoms with Gasteiger partial charge in [-0.3, -0.25) is 14.8 Å². The van der Waals surface area contributed by atoms with Gasteiger partial charge in [0.1, 0.15) is 5.75 Å². The van der Waals surface area contributed by atoms with Crippen molar-refractivity contribution in [3.8, 4) is 18.1 Å². The van der Waals surface area contributed by atoms with Gasteiger partial charge >= 0.3 is 0 Å². The van der Waals surface area contributed by atoms with Crippen molar-refractivity contribution in [2.45, 2.75) is 63.5 Å². The normalized spacial score (nSPS) is 13.4. The van der Waals surface area contributed by atoms with Crippen LogP contribution in [-0.4, -0.2) is 29.3 Å². The van der Waals surface area contributed by atoms with Crippen LogP contribution >= 0.6 is 0 Å². The third kappa shape index (κ3) is 8.75. The number of hydroxylamine groups is 1. The summed E-state index contributed by atoms with van der Waals surface area (Å²) in [4.78, 5) is 22.9. The Morgan fingerprint density at radius 2 is 1.69 bits per heavy atom. The number of terminal acetylenes is 1. The number of rotatable bonds is 14. The summed E-state index contributed by atoms with van der Waals surface area (Å²) in [6.45, 7) is 0.503. The minimum atomic E-state index is -0.379. The minimum Gasteiger partial charge on any atom is -0.493 e. The molecule has 0 spiro atoms. The molecule has 0 atom stereocenters. The lowest BCUT2D eigenvalue weighted by atomic mass is 10.1. The first-order valence-corrected chi connectivity index (χ1v) is 9.90. The lowest BCUT2D eigenvalue weighted by Gasteiger charge is -2.11. The molecule has 2 rings (SSSR count). The monoisotopic (exact) mass is 400 g/mol. The molecule has 0 saturated carbocycles. The zero-order valence-electron chi connectivity index (χ0n) is 16.5. The highest BCUT2D eigenvalue weighted by Crippen LogP contribution is 2.36. The summed E-state index contributed by atoms with van der Waals surface area (Å²) in [5, 5.41) is 19.4. The van der Waals surface area contributed by atoms with Crippen molar-refractivity contribution in [2.75, 3.05) is 11.9 Å². The quantitative estimate of drug-likeness (QED) is 0.191. The molecule has 8 nitrogen and oxygen atoms in total. The number of carbonyl (C=O) groups excluding carboxylic acids is 2. The number of hydrogen-bond acceptors (Lipinski definition) is 6. The molecule has 2 amide bonds. The van der Waals surface area contributed by atoms with Crippen molar-refractivity contribution in [1.29, 1.82) is 0 Å². The van der Waals surface area contributed by atoms with Crippen molar-refractivity contribution in [1.82, 2.24) is 5.48 Å². The van der Waals surface area contributed by atoms with Crippen LogP contribution < -0.4 is 15.5 Å².